The molecule has 6 aromatic heterocycles. The number of thiophene rings is 2. The molecule has 11 heteroatoms. The quantitative estimate of drug-likeness (QED) is 0.140. The van der Waals surface area contributed by atoms with Crippen molar-refractivity contribution in [1.29, 1.82) is 0 Å². The SMILES string of the molecule is c1ccc(C2=NC(c3ccccc3)NC(c3ccc4sc5ccc(-n6c7ccccc7c7ccc8c9cc(-c%10ccc(-c%11nc(-c%12ccc(-c%13ccccc%13)cc%12)nc(-c%12ccc%13sc%14ccc(-n%15c%16ccccc%16c%16ccccc%16%15)cc%14c%13c%12)n%11)cc%10)ccc9n(-c9ccccc9)c8c76)cc5c4c3)=N2)cc1. The lowest BCUT2D eigenvalue weighted by Gasteiger charge is -2.23. The molecule has 0 aliphatic carbocycles. The molecule has 1 aliphatic rings. The molecule has 0 radical (unpaired) electrons. The van der Waals surface area contributed by atoms with Crippen LogP contribution in [-0.2, 0) is 0 Å². The van der Waals surface area contributed by atoms with Crippen molar-refractivity contribution >= 4 is 140 Å². The summed E-state index contributed by atoms with van der Waals surface area (Å²) in [6.45, 7) is 0. The van der Waals surface area contributed by atoms with Crippen molar-refractivity contribution in [3.63, 3.8) is 0 Å². The van der Waals surface area contributed by atoms with Crippen LogP contribution in [-0.4, -0.2) is 40.3 Å². The number of aromatic nitrogens is 6. The molecule has 0 amide bonds. The summed E-state index contributed by atoms with van der Waals surface area (Å²) in [5.74, 6) is 3.31. The summed E-state index contributed by atoms with van der Waals surface area (Å²) in [7, 11) is 0. The van der Waals surface area contributed by atoms with E-state index in [1.54, 1.807) is 0 Å². The van der Waals surface area contributed by atoms with Gasteiger partial charge in [-0.25, -0.2) is 24.9 Å². The first-order valence-corrected chi connectivity index (χ1v) is 37.7. The van der Waals surface area contributed by atoms with Gasteiger partial charge >= 0.3 is 0 Å². The van der Waals surface area contributed by atoms with Gasteiger partial charge in [0.2, 0.25) is 0 Å². The first kappa shape index (κ1) is 60.8. The summed E-state index contributed by atoms with van der Waals surface area (Å²) in [5.41, 5.74) is 20.5. The average Bonchev–Trinajstić information content (AvgIpc) is 1.54. The van der Waals surface area contributed by atoms with Crippen LogP contribution in [0.2, 0.25) is 0 Å². The van der Waals surface area contributed by atoms with Gasteiger partial charge < -0.3 is 19.0 Å². The standard InChI is InChI=1S/C96H59N9S2/c1-5-19-58(20-6-1)59-33-37-63(38-34-59)93-98-94(102-96(101-93)67-43-49-85-77(54-67)79-56-69(44-51-87(79)106-85)103-81-30-16-13-27-71(81)72-28-14-17-31-82(72)103)64-39-35-60(36-40-64)65-41-48-84-76(53-65)75-47-46-74-73-29-15-18-32-83(73)105(89(74)90(75)104(84)68-25-11-4-12-26-68)70-45-52-88-80(57-70)78-55-66(42-50-86(78)107-88)95-99-91(61-21-7-2-8-22-61)97-92(100-95)62-23-9-3-10-24-62/h1-57,91H,(H,97,99,100). The summed E-state index contributed by atoms with van der Waals surface area (Å²) < 4.78 is 12.2. The third kappa shape index (κ3) is 10.1. The van der Waals surface area contributed by atoms with Crippen LogP contribution in [0, 0.1) is 0 Å². The number of para-hydroxylation sites is 4. The number of rotatable bonds is 11. The summed E-state index contributed by atoms with van der Waals surface area (Å²) in [6.07, 6.45) is -0.301. The minimum Gasteiger partial charge on any atom is -0.344 e. The molecule has 107 heavy (non-hydrogen) atoms. The van der Waals surface area contributed by atoms with E-state index in [9.17, 15) is 0 Å². The van der Waals surface area contributed by atoms with Gasteiger partial charge in [-0.2, -0.15) is 0 Å². The topological polar surface area (TPSA) is 90.2 Å². The average molecular weight is 1400 g/mol. The lowest BCUT2D eigenvalue weighted by Crippen LogP contribution is -2.33. The van der Waals surface area contributed by atoms with E-state index in [-0.39, 0.29) is 6.17 Å². The minimum absolute atomic E-state index is 0.301. The highest BCUT2D eigenvalue weighted by atomic mass is 32.1. The molecule has 0 fully saturated rings. The molecule has 1 unspecified atom stereocenters. The maximum atomic E-state index is 5.37. The third-order valence-electron chi connectivity index (χ3n) is 21.4. The van der Waals surface area contributed by atoms with E-state index in [4.69, 9.17) is 24.9 Å². The zero-order valence-corrected chi connectivity index (χ0v) is 59.0. The van der Waals surface area contributed by atoms with Crippen molar-refractivity contribution < 1.29 is 0 Å². The van der Waals surface area contributed by atoms with Gasteiger partial charge in [-0.05, 0) is 143 Å². The molecule has 1 aliphatic heterocycles. The molecular weight excluding hydrogens is 1340 g/mol. The fourth-order valence-electron chi connectivity index (χ4n) is 16.3. The Labute approximate surface area is 621 Å². The second-order valence-electron chi connectivity index (χ2n) is 27.5. The monoisotopic (exact) mass is 1400 g/mol. The van der Waals surface area contributed by atoms with Gasteiger partial charge in [0.1, 0.15) is 12.0 Å². The summed E-state index contributed by atoms with van der Waals surface area (Å²) >= 11 is 3.63. The van der Waals surface area contributed by atoms with E-state index in [0.29, 0.717) is 23.3 Å². The van der Waals surface area contributed by atoms with Crippen molar-refractivity contribution in [3.8, 4) is 73.5 Å². The summed E-state index contributed by atoms with van der Waals surface area (Å²) in [5, 5.41) is 15.6. The highest BCUT2D eigenvalue weighted by molar-refractivity contribution is 7.26. The number of aliphatic imine (C=N–C) groups is 2. The van der Waals surface area contributed by atoms with E-state index in [0.717, 1.165) is 117 Å². The summed E-state index contributed by atoms with van der Waals surface area (Å²) in [4.78, 5) is 26.4. The Kier molecular flexibility index (Phi) is 13.9. The van der Waals surface area contributed by atoms with Crippen molar-refractivity contribution in [1.82, 2.24) is 34.0 Å². The number of hydrogen-bond donors (Lipinski definition) is 1. The molecule has 0 bridgehead atoms. The molecule has 15 aromatic carbocycles. The second kappa shape index (κ2) is 24.5. The predicted molar refractivity (Wildman–Crippen MR) is 448 cm³/mol. The zero-order valence-electron chi connectivity index (χ0n) is 57.4. The number of benzene rings is 15. The Bertz CT molecular complexity index is 7200. The van der Waals surface area contributed by atoms with E-state index in [1.165, 1.54) is 67.5 Å². The molecule has 21 aromatic rings. The lowest BCUT2D eigenvalue weighted by molar-refractivity contribution is 0.674. The highest BCUT2D eigenvalue weighted by Crippen LogP contribution is 2.46. The number of amidine groups is 2. The number of nitrogens with one attached hydrogen (secondary N) is 1. The Morgan fingerprint density at radius 2 is 0.636 bits per heavy atom. The fraction of sp³-hybridized carbons (Fsp3) is 0.0104. The second-order valence-corrected chi connectivity index (χ2v) is 29.7. The van der Waals surface area contributed by atoms with E-state index in [2.05, 4.69) is 341 Å². The van der Waals surface area contributed by atoms with Crippen LogP contribution in [0.3, 0.4) is 0 Å². The smallest absolute Gasteiger partial charge is 0.164 e. The first-order chi connectivity index (χ1) is 53.0. The normalized spacial score (nSPS) is 13.3. The predicted octanol–water partition coefficient (Wildman–Crippen LogP) is 24.7. The van der Waals surface area contributed by atoms with Crippen LogP contribution in [0.4, 0.5) is 0 Å². The van der Waals surface area contributed by atoms with Crippen molar-refractivity contribution in [2.24, 2.45) is 9.98 Å². The third-order valence-corrected chi connectivity index (χ3v) is 23.7. The van der Waals surface area contributed by atoms with Gasteiger partial charge in [0, 0.05) is 118 Å². The maximum Gasteiger partial charge on any atom is 0.164 e. The van der Waals surface area contributed by atoms with Crippen LogP contribution in [0.25, 0.3) is 179 Å². The first-order valence-electron chi connectivity index (χ1n) is 36.0. The molecular formula is C96H59N9S2. The molecule has 500 valence electrons. The van der Waals surface area contributed by atoms with Crippen LogP contribution < -0.4 is 5.32 Å². The van der Waals surface area contributed by atoms with E-state index < -0.39 is 0 Å². The number of nitrogens with zero attached hydrogens (tertiary/aromatic N) is 8. The van der Waals surface area contributed by atoms with Crippen LogP contribution in [0.5, 0.6) is 0 Å². The van der Waals surface area contributed by atoms with Gasteiger partial charge in [0.25, 0.3) is 0 Å². The molecule has 7 heterocycles. The van der Waals surface area contributed by atoms with Gasteiger partial charge in [0.05, 0.1) is 33.1 Å². The van der Waals surface area contributed by atoms with Crippen molar-refractivity contribution in [3.05, 3.63) is 362 Å². The Hall–Kier alpha value is -13.7. The Morgan fingerprint density at radius 1 is 0.252 bits per heavy atom. The lowest BCUT2D eigenvalue weighted by atomic mass is 10.0. The minimum atomic E-state index is -0.301. The largest absolute Gasteiger partial charge is 0.344 e. The molecule has 0 spiro atoms. The van der Waals surface area contributed by atoms with Crippen LogP contribution in [0.15, 0.2) is 356 Å². The Balaban J connectivity index is 0.657. The van der Waals surface area contributed by atoms with E-state index in [1.807, 2.05) is 46.9 Å². The molecule has 22 rings (SSSR count). The van der Waals surface area contributed by atoms with E-state index >= 15 is 0 Å². The molecule has 1 N–H and O–H groups in total. The molecule has 9 nitrogen and oxygen atoms in total. The molecule has 0 saturated heterocycles. The van der Waals surface area contributed by atoms with Gasteiger partial charge in [-0.3, -0.25) is 0 Å². The number of fused-ring (bicyclic) bond motifs is 16. The summed E-state index contributed by atoms with van der Waals surface area (Å²) in [6, 6.07) is 125. The van der Waals surface area contributed by atoms with Gasteiger partial charge in [-0.1, -0.05) is 231 Å². The van der Waals surface area contributed by atoms with Crippen LogP contribution >= 0.6 is 22.7 Å². The highest BCUT2D eigenvalue weighted by Gasteiger charge is 2.26. The van der Waals surface area contributed by atoms with Gasteiger partial charge in [0.15, 0.2) is 23.3 Å². The van der Waals surface area contributed by atoms with Gasteiger partial charge in [-0.15, -0.1) is 22.7 Å². The van der Waals surface area contributed by atoms with Crippen molar-refractivity contribution in [2.75, 3.05) is 0 Å². The number of hydrogen-bond acceptors (Lipinski definition) is 8. The maximum absolute atomic E-state index is 5.37. The molecule has 0 saturated carbocycles. The van der Waals surface area contributed by atoms with Crippen molar-refractivity contribution in [2.45, 2.75) is 6.17 Å². The molecule has 1 atom stereocenters. The zero-order chi connectivity index (χ0) is 70.2. The Morgan fingerprint density at radius 3 is 1.22 bits per heavy atom. The fourth-order valence-corrected chi connectivity index (χ4v) is 18.4. The van der Waals surface area contributed by atoms with Crippen LogP contribution in [0.1, 0.15) is 22.9 Å².